The van der Waals surface area contributed by atoms with Crippen LogP contribution in [0.3, 0.4) is 0 Å². The molecule has 2 rings (SSSR count). The minimum atomic E-state index is -0.388. The highest BCUT2D eigenvalue weighted by Gasteiger charge is 2.12. The zero-order valence-electron chi connectivity index (χ0n) is 11.3. The van der Waals surface area contributed by atoms with Gasteiger partial charge in [-0.2, -0.15) is 0 Å². The Balaban J connectivity index is 2.10. The Hall–Kier alpha value is -1.96. The average Bonchev–Trinajstić information content (AvgIpc) is 2.81. The van der Waals surface area contributed by atoms with Crippen LogP contribution < -0.4 is 5.69 Å². The number of esters is 1. The minimum Gasteiger partial charge on any atom is -0.464 e. The molecule has 2 N–H and O–H groups in total. The smallest absolute Gasteiger partial charge is 0.325 e. The second-order valence-corrected chi connectivity index (χ2v) is 4.93. The number of carbonyl (C=O) groups is 1. The number of aromatic nitrogens is 4. The van der Waals surface area contributed by atoms with Gasteiger partial charge in [0.2, 0.25) is 0 Å². The molecule has 0 fully saturated rings. The SMILES string of the molecule is CCC(C)C(=O)OCCn1cnc2c(=S)[nH]c(=O)[nH]c21. The van der Waals surface area contributed by atoms with Crippen LogP contribution in [0, 0.1) is 10.6 Å². The standard InChI is InChI=1S/C12H16N4O3S/c1-3-7(2)11(17)19-5-4-16-6-13-8-9(16)14-12(18)15-10(8)20/h6-7H,3-5H2,1-2H3,(H2,14,15,18,20). The molecule has 0 bridgehead atoms. The number of fused-ring (bicyclic) bond motifs is 1. The van der Waals surface area contributed by atoms with E-state index in [2.05, 4.69) is 15.0 Å². The van der Waals surface area contributed by atoms with E-state index in [-0.39, 0.29) is 24.2 Å². The van der Waals surface area contributed by atoms with Crippen LogP contribution in [0.5, 0.6) is 0 Å². The number of H-pyrrole nitrogens is 2. The molecule has 2 aromatic rings. The molecule has 2 heterocycles. The lowest BCUT2D eigenvalue weighted by Crippen LogP contribution is -2.18. The first kappa shape index (κ1) is 14.4. The Morgan fingerprint density at radius 1 is 1.55 bits per heavy atom. The number of hydrogen-bond donors (Lipinski definition) is 2. The van der Waals surface area contributed by atoms with Crippen LogP contribution in [0.1, 0.15) is 20.3 Å². The van der Waals surface area contributed by atoms with Crippen molar-refractivity contribution in [3.05, 3.63) is 21.5 Å². The number of aromatic amines is 2. The lowest BCUT2D eigenvalue weighted by molar-refractivity contribution is -0.148. The van der Waals surface area contributed by atoms with Crippen molar-refractivity contribution in [2.45, 2.75) is 26.8 Å². The summed E-state index contributed by atoms with van der Waals surface area (Å²) < 4.78 is 7.15. The van der Waals surface area contributed by atoms with Crippen molar-refractivity contribution in [3.8, 4) is 0 Å². The van der Waals surface area contributed by atoms with Crippen molar-refractivity contribution in [2.75, 3.05) is 6.61 Å². The predicted octanol–water partition coefficient (Wildman–Crippen LogP) is 1.37. The molecule has 0 aromatic carbocycles. The summed E-state index contributed by atoms with van der Waals surface area (Å²) in [5.41, 5.74) is 0.659. The van der Waals surface area contributed by atoms with Crippen molar-refractivity contribution >= 4 is 29.4 Å². The molecule has 0 aliphatic rings. The second-order valence-electron chi connectivity index (χ2n) is 4.52. The summed E-state index contributed by atoms with van der Waals surface area (Å²) in [6.07, 6.45) is 2.30. The van der Waals surface area contributed by atoms with Gasteiger partial charge in [0.05, 0.1) is 18.8 Å². The summed E-state index contributed by atoms with van der Waals surface area (Å²) in [4.78, 5) is 32.1. The molecule has 0 spiro atoms. The van der Waals surface area contributed by atoms with Crippen LogP contribution in [-0.2, 0) is 16.1 Å². The van der Waals surface area contributed by atoms with Gasteiger partial charge in [-0.3, -0.25) is 14.8 Å². The van der Waals surface area contributed by atoms with Gasteiger partial charge < -0.3 is 9.30 Å². The van der Waals surface area contributed by atoms with Gasteiger partial charge in [-0.1, -0.05) is 26.1 Å². The summed E-state index contributed by atoms with van der Waals surface area (Å²) in [5.74, 6) is -0.328. The lowest BCUT2D eigenvalue weighted by Gasteiger charge is -2.09. The van der Waals surface area contributed by atoms with Crippen molar-refractivity contribution in [3.63, 3.8) is 0 Å². The summed E-state index contributed by atoms with van der Waals surface area (Å²) in [6.45, 7) is 4.39. The Morgan fingerprint density at radius 2 is 2.30 bits per heavy atom. The summed E-state index contributed by atoms with van der Waals surface area (Å²) in [5, 5.41) is 0. The Bertz CT molecular complexity index is 730. The molecular formula is C12H16N4O3S. The fraction of sp³-hybridized carbons (Fsp3) is 0.500. The predicted molar refractivity (Wildman–Crippen MR) is 76.0 cm³/mol. The molecule has 0 aliphatic heterocycles. The quantitative estimate of drug-likeness (QED) is 0.642. The van der Waals surface area contributed by atoms with E-state index in [1.54, 1.807) is 10.9 Å². The summed E-state index contributed by atoms with van der Waals surface area (Å²) in [6, 6.07) is 0. The lowest BCUT2D eigenvalue weighted by atomic mass is 10.1. The first-order chi connectivity index (χ1) is 9.52. The zero-order chi connectivity index (χ0) is 14.7. The largest absolute Gasteiger partial charge is 0.464 e. The van der Waals surface area contributed by atoms with E-state index < -0.39 is 0 Å². The first-order valence-corrected chi connectivity index (χ1v) is 6.77. The molecule has 1 atom stereocenters. The highest BCUT2D eigenvalue weighted by atomic mass is 32.1. The Kier molecular flexibility index (Phi) is 4.33. The van der Waals surface area contributed by atoms with E-state index in [0.717, 1.165) is 6.42 Å². The monoisotopic (exact) mass is 296 g/mol. The van der Waals surface area contributed by atoms with Gasteiger partial charge in [-0.05, 0) is 6.42 Å². The Labute approximate surface area is 120 Å². The van der Waals surface area contributed by atoms with E-state index >= 15 is 0 Å². The summed E-state index contributed by atoms with van der Waals surface area (Å²) in [7, 11) is 0. The van der Waals surface area contributed by atoms with Crippen LogP contribution in [0.15, 0.2) is 11.1 Å². The molecule has 0 aliphatic carbocycles. The van der Waals surface area contributed by atoms with Crippen LogP contribution in [0.2, 0.25) is 0 Å². The third-order valence-corrected chi connectivity index (χ3v) is 3.40. The number of rotatable bonds is 5. The molecule has 0 saturated carbocycles. The van der Waals surface area contributed by atoms with Crippen LogP contribution in [0.25, 0.3) is 11.2 Å². The third-order valence-electron chi connectivity index (χ3n) is 3.10. The molecule has 1 unspecified atom stereocenters. The number of carbonyl (C=O) groups excluding carboxylic acids is 1. The van der Waals surface area contributed by atoms with Crippen molar-refractivity contribution in [2.24, 2.45) is 5.92 Å². The van der Waals surface area contributed by atoms with E-state index in [4.69, 9.17) is 17.0 Å². The topological polar surface area (TPSA) is 92.8 Å². The maximum Gasteiger partial charge on any atom is 0.325 e. The number of ether oxygens (including phenoxy) is 1. The van der Waals surface area contributed by atoms with Crippen LogP contribution in [0.4, 0.5) is 0 Å². The van der Waals surface area contributed by atoms with Gasteiger partial charge in [0.25, 0.3) is 0 Å². The van der Waals surface area contributed by atoms with Crippen LogP contribution in [-0.4, -0.2) is 32.1 Å². The van der Waals surface area contributed by atoms with Gasteiger partial charge in [0.1, 0.15) is 22.4 Å². The number of nitrogens with zero attached hydrogens (tertiary/aromatic N) is 2. The molecule has 0 saturated heterocycles. The first-order valence-electron chi connectivity index (χ1n) is 6.37. The molecule has 2 aromatic heterocycles. The maximum atomic E-state index is 11.5. The number of imidazole rings is 1. The molecule has 108 valence electrons. The van der Waals surface area contributed by atoms with Gasteiger partial charge in [0, 0.05) is 0 Å². The van der Waals surface area contributed by atoms with Crippen LogP contribution >= 0.6 is 12.2 Å². The molecule has 7 nitrogen and oxygen atoms in total. The second kappa shape index (κ2) is 6.00. The fourth-order valence-corrected chi connectivity index (χ4v) is 1.95. The average molecular weight is 296 g/mol. The van der Waals surface area contributed by atoms with Gasteiger partial charge in [-0.15, -0.1) is 0 Å². The van der Waals surface area contributed by atoms with Crippen molar-refractivity contribution in [1.82, 2.24) is 19.5 Å². The van der Waals surface area contributed by atoms with E-state index in [9.17, 15) is 9.59 Å². The summed E-state index contributed by atoms with van der Waals surface area (Å²) >= 11 is 5.02. The Morgan fingerprint density at radius 3 is 3.00 bits per heavy atom. The van der Waals surface area contributed by atoms with Gasteiger partial charge in [0.15, 0.2) is 0 Å². The van der Waals surface area contributed by atoms with E-state index in [1.807, 2.05) is 13.8 Å². The maximum absolute atomic E-state index is 11.5. The molecule has 20 heavy (non-hydrogen) atoms. The highest BCUT2D eigenvalue weighted by molar-refractivity contribution is 7.71. The number of hydrogen-bond acceptors (Lipinski definition) is 5. The fourth-order valence-electron chi connectivity index (χ4n) is 1.70. The molecular weight excluding hydrogens is 280 g/mol. The molecule has 8 heteroatoms. The van der Waals surface area contributed by atoms with E-state index in [0.29, 0.717) is 22.3 Å². The van der Waals surface area contributed by atoms with Crippen molar-refractivity contribution < 1.29 is 9.53 Å². The van der Waals surface area contributed by atoms with Gasteiger partial charge in [-0.25, -0.2) is 9.78 Å². The van der Waals surface area contributed by atoms with E-state index in [1.165, 1.54) is 0 Å². The molecule has 0 radical (unpaired) electrons. The zero-order valence-corrected chi connectivity index (χ0v) is 12.1. The third kappa shape index (κ3) is 2.96. The highest BCUT2D eigenvalue weighted by Crippen LogP contribution is 2.08. The molecule has 0 amide bonds. The normalized spacial score (nSPS) is 12.5. The van der Waals surface area contributed by atoms with Crippen molar-refractivity contribution in [1.29, 1.82) is 0 Å². The van der Waals surface area contributed by atoms with Gasteiger partial charge >= 0.3 is 11.7 Å². The number of nitrogens with one attached hydrogen (secondary N) is 2. The minimum absolute atomic E-state index is 0.108.